The van der Waals surface area contributed by atoms with Crippen LogP contribution in [-0.2, 0) is 19.6 Å². The van der Waals surface area contributed by atoms with Gasteiger partial charge in [-0.15, -0.1) is 0 Å². The third-order valence-electron chi connectivity index (χ3n) is 6.82. The van der Waals surface area contributed by atoms with Gasteiger partial charge in [-0.2, -0.15) is 4.31 Å². The molecule has 1 N–H and O–H groups in total. The molecule has 0 spiro atoms. The minimum atomic E-state index is -3.99. The largest absolute Gasteiger partial charge is 0.377 e. The minimum Gasteiger partial charge on any atom is -0.377 e. The summed E-state index contributed by atoms with van der Waals surface area (Å²) in [6, 6.07) is 21.7. The van der Waals surface area contributed by atoms with Gasteiger partial charge in [0.1, 0.15) is 0 Å². The van der Waals surface area contributed by atoms with Crippen molar-refractivity contribution in [2.75, 3.05) is 25.0 Å². The molecule has 0 aliphatic carbocycles. The van der Waals surface area contributed by atoms with Crippen LogP contribution in [0.3, 0.4) is 0 Å². The maximum atomic E-state index is 13.6. The number of halogens is 1. The number of benzene rings is 3. The van der Waals surface area contributed by atoms with Crippen LogP contribution < -0.4 is 5.32 Å². The lowest BCUT2D eigenvalue weighted by atomic mass is 10.1. The maximum absolute atomic E-state index is 13.6. The fourth-order valence-electron chi connectivity index (χ4n) is 4.58. The highest BCUT2D eigenvalue weighted by molar-refractivity contribution is 7.89. The Morgan fingerprint density at radius 3 is 2.30 bits per heavy atom. The molecule has 1 amide bonds. The van der Waals surface area contributed by atoms with E-state index in [0.29, 0.717) is 23.3 Å². The summed E-state index contributed by atoms with van der Waals surface area (Å²) in [7, 11) is -3.99. The van der Waals surface area contributed by atoms with E-state index >= 15 is 0 Å². The molecule has 208 valence electrons. The van der Waals surface area contributed by atoms with Crippen molar-refractivity contribution in [3.05, 3.63) is 95.1 Å². The van der Waals surface area contributed by atoms with Crippen LogP contribution in [-0.4, -0.2) is 54.0 Å². The van der Waals surface area contributed by atoms with Gasteiger partial charge in [-0.05, 0) is 63.1 Å². The van der Waals surface area contributed by atoms with Crippen LogP contribution >= 0.6 is 11.6 Å². The van der Waals surface area contributed by atoms with Crippen molar-refractivity contribution >= 4 is 33.5 Å². The van der Waals surface area contributed by atoms with Crippen LogP contribution in [0.4, 0.5) is 5.95 Å². The molecule has 1 aliphatic heterocycles. The fraction of sp³-hybridized carbons (Fsp3) is 0.267. The van der Waals surface area contributed by atoms with Gasteiger partial charge in [0.2, 0.25) is 21.9 Å². The zero-order valence-electron chi connectivity index (χ0n) is 22.4. The highest BCUT2D eigenvalue weighted by Crippen LogP contribution is 2.26. The van der Waals surface area contributed by atoms with E-state index in [0.717, 1.165) is 35.2 Å². The lowest BCUT2D eigenvalue weighted by Gasteiger charge is -2.24. The number of carbonyl (C=O) groups is 1. The second-order valence-electron chi connectivity index (χ2n) is 9.96. The summed E-state index contributed by atoms with van der Waals surface area (Å²) >= 11 is 5.98. The van der Waals surface area contributed by atoms with Crippen molar-refractivity contribution in [3.63, 3.8) is 0 Å². The van der Waals surface area contributed by atoms with E-state index in [-0.39, 0.29) is 17.5 Å². The van der Waals surface area contributed by atoms with E-state index in [2.05, 4.69) is 5.32 Å². The summed E-state index contributed by atoms with van der Waals surface area (Å²) in [6.45, 7) is 4.26. The van der Waals surface area contributed by atoms with Crippen molar-refractivity contribution in [1.82, 2.24) is 13.9 Å². The number of nitrogens with zero attached hydrogens (tertiary/aromatic N) is 3. The third-order valence-corrected chi connectivity index (χ3v) is 8.90. The molecule has 1 saturated heterocycles. The Morgan fingerprint density at radius 2 is 1.68 bits per heavy atom. The molecule has 2 heterocycles. The van der Waals surface area contributed by atoms with Crippen LogP contribution in [0.25, 0.3) is 16.9 Å². The van der Waals surface area contributed by atoms with Gasteiger partial charge in [0.15, 0.2) is 0 Å². The van der Waals surface area contributed by atoms with E-state index < -0.39 is 22.5 Å². The molecular formula is C30H31ClN4O4S. The summed E-state index contributed by atoms with van der Waals surface area (Å²) < 4.78 is 35.8. The quantitative estimate of drug-likeness (QED) is 0.278. The first-order valence-electron chi connectivity index (χ1n) is 13.1. The number of imidazole rings is 1. The summed E-state index contributed by atoms with van der Waals surface area (Å²) in [5.74, 6) is -0.213. The van der Waals surface area contributed by atoms with Crippen molar-refractivity contribution in [2.24, 2.45) is 0 Å². The number of aromatic nitrogens is 2. The van der Waals surface area contributed by atoms with E-state index in [1.165, 1.54) is 28.6 Å². The number of sulfonamides is 1. The molecular weight excluding hydrogens is 548 g/mol. The number of hydrogen-bond donors (Lipinski definition) is 1. The fourth-order valence-corrected chi connectivity index (χ4v) is 6.13. The van der Waals surface area contributed by atoms with Crippen LogP contribution in [0.2, 0.25) is 5.02 Å². The molecule has 0 radical (unpaired) electrons. The second-order valence-corrected chi connectivity index (χ2v) is 12.3. The molecule has 8 nitrogen and oxygen atoms in total. The number of aryl methyl sites for hydroxylation is 2. The Balaban J connectivity index is 1.44. The van der Waals surface area contributed by atoms with Gasteiger partial charge in [-0.3, -0.25) is 14.7 Å². The van der Waals surface area contributed by atoms with Crippen LogP contribution in [0.5, 0.6) is 0 Å². The highest BCUT2D eigenvalue weighted by Gasteiger charge is 2.31. The van der Waals surface area contributed by atoms with E-state index in [1.54, 1.807) is 4.57 Å². The number of rotatable bonds is 9. The topological polar surface area (TPSA) is 93.5 Å². The Bertz CT molecular complexity index is 1580. The molecule has 10 heteroatoms. The lowest BCUT2D eigenvalue weighted by molar-refractivity contribution is -0.116. The SMILES string of the molecule is Cc1ccc(-c2cn(-c3ccc(C)cc3)c(NC(=O)CN(CC3CCCO3)S(=O)(=O)c3ccc(Cl)cc3)n2)cc1. The van der Waals surface area contributed by atoms with Gasteiger partial charge < -0.3 is 4.74 Å². The molecule has 3 aromatic carbocycles. The van der Waals surface area contributed by atoms with Gasteiger partial charge in [0.05, 0.1) is 23.2 Å². The molecule has 0 bridgehead atoms. The van der Waals surface area contributed by atoms with Crippen molar-refractivity contribution in [2.45, 2.75) is 37.7 Å². The Morgan fingerprint density at radius 1 is 1.02 bits per heavy atom. The lowest BCUT2D eigenvalue weighted by Crippen LogP contribution is -2.42. The molecule has 1 fully saturated rings. The number of anilines is 1. The maximum Gasteiger partial charge on any atom is 0.243 e. The molecule has 1 unspecified atom stereocenters. The van der Waals surface area contributed by atoms with Crippen molar-refractivity contribution < 1.29 is 17.9 Å². The predicted molar refractivity (Wildman–Crippen MR) is 156 cm³/mol. The van der Waals surface area contributed by atoms with Crippen molar-refractivity contribution in [1.29, 1.82) is 0 Å². The summed E-state index contributed by atoms with van der Waals surface area (Å²) in [5, 5.41) is 3.28. The number of ether oxygens (including phenoxy) is 1. The first-order chi connectivity index (χ1) is 19.2. The van der Waals surface area contributed by atoms with E-state index in [1.807, 2.05) is 68.6 Å². The second kappa shape index (κ2) is 11.9. The van der Waals surface area contributed by atoms with Gasteiger partial charge in [0.25, 0.3) is 0 Å². The van der Waals surface area contributed by atoms with E-state index in [9.17, 15) is 13.2 Å². The zero-order chi connectivity index (χ0) is 28.3. The molecule has 1 aromatic heterocycles. The molecule has 1 atom stereocenters. The third kappa shape index (κ3) is 6.45. The van der Waals surface area contributed by atoms with Crippen molar-refractivity contribution in [3.8, 4) is 16.9 Å². The number of amides is 1. The van der Waals surface area contributed by atoms with Crippen LogP contribution in [0.1, 0.15) is 24.0 Å². The standard InChI is InChI=1S/C30H31ClN4O4S/c1-21-5-9-23(10-6-21)28-19-35(25-13-7-22(2)8-14-25)30(32-28)33-29(36)20-34(18-26-4-3-17-39-26)40(37,38)27-15-11-24(31)12-16-27/h5-16,19,26H,3-4,17-18,20H2,1-2H3,(H,32,33,36). The molecule has 4 aromatic rings. The molecule has 0 saturated carbocycles. The number of nitrogens with one attached hydrogen (secondary N) is 1. The monoisotopic (exact) mass is 578 g/mol. The normalized spacial score (nSPS) is 15.4. The van der Waals surface area contributed by atoms with Gasteiger partial charge in [-0.1, -0.05) is 59.1 Å². The first kappa shape index (κ1) is 28.0. The van der Waals surface area contributed by atoms with Gasteiger partial charge in [0, 0.05) is 35.6 Å². The summed E-state index contributed by atoms with van der Waals surface area (Å²) in [4.78, 5) is 18.2. The average Bonchev–Trinajstić information content (AvgIpc) is 3.60. The summed E-state index contributed by atoms with van der Waals surface area (Å²) in [6.07, 6.45) is 3.16. The smallest absolute Gasteiger partial charge is 0.243 e. The predicted octanol–water partition coefficient (Wildman–Crippen LogP) is 5.62. The first-order valence-corrected chi connectivity index (χ1v) is 14.9. The van der Waals surface area contributed by atoms with Gasteiger partial charge >= 0.3 is 0 Å². The number of hydrogen-bond acceptors (Lipinski definition) is 5. The Kier molecular flexibility index (Phi) is 8.37. The molecule has 40 heavy (non-hydrogen) atoms. The zero-order valence-corrected chi connectivity index (χ0v) is 24.0. The van der Waals surface area contributed by atoms with E-state index in [4.69, 9.17) is 21.3 Å². The van der Waals surface area contributed by atoms with Crippen LogP contribution in [0.15, 0.2) is 83.9 Å². The Labute approximate surface area is 239 Å². The number of carbonyl (C=O) groups excluding carboxylic acids is 1. The Hall–Kier alpha value is -3.50. The van der Waals surface area contributed by atoms with Crippen LogP contribution in [0, 0.1) is 13.8 Å². The highest BCUT2D eigenvalue weighted by atomic mass is 35.5. The average molecular weight is 579 g/mol. The van der Waals surface area contributed by atoms with Gasteiger partial charge in [-0.25, -0.2) is 13.4 Å². The summed E-state index contributed by atoms with van der Waals surface area (Å²) in [5.41, 5.74) is 4.63. The molecule has 5 rings (SSSR count). The minimum absolute atomic E-state index is 0.0607. The molecule has 1 aliphatic rings.